The molecule has 2 aromatic carbocycles. The van der Waals surface area contributed by atoms with Crippen LogP contribution in [0.2, 0.25) is 0 Å². The molecule has 2 rings (SSSR count). The van der Waals surface area contributed by atoms with Gasteiger partial charge >= 0.3 is 29.6 Å². The molecule has 0 aliphatic carbocycles. The zero-order valence-electron chi connectivity index (χ0n) is 12.8. The smallest absolute Gasteiger partial charge is 0.744 e. The minimum absolute atomic E-state index is 0. The van der Waals surface area contributed by atoms with E-state index in [0.29, 0.717) is 0 Å². The second-order valence-corrected chi connectivity index (χ2v) is 6.42. The normalized spacial score (nSPS) is 11.4. The van der Waals surface area contributed by atoms with Crippen molar-refractivity contribution in [1.29, 1.82) is 0 Å². The topological polar surface area (TPSA) is 57.2 Å². The van der Waals surface area contributed by atoms with Gasteiger partial charge in [-0.25, -0.2) is 8.42 Å². The average Bonchev–Trinajstić information content (AvgIpc) is 2.40. The number of rotatable bonds is 5. The molecular formula is C16H19NaO3S. The van der Waals surface area contributed by atoms with Crippen LogP contribution in [0.5, 0.6) is 0 Å². The Morgan fingerprint density at radius 3 is 2.19 bits per heavy atom. The van der Waals surface area contributed by atoms with E-state index in [1.807, 2.05) is 6.07 Å². The van der Waals surface area contributed by atoms with Crippen LogP contribution in [0.1, 0.15) is 37.8 Å². The Balaban J connectivity index is 0.00000220. The van der Waals surface area contributed by atoms with E-state index in [1.54, 1.807) is 6.07 Å². The van der Waals surface area contributed by atoms with Crippen molar-refractivity contribution in [1.82, 2.24) is 0 Å². The van der Waals surface area contributed by atoms with Gasteiger partial charge in [-0.1, -0.05) is 44.9 Å². The van der Waals surface area contributed by atoms with Gasteiger partial charge in [-0.3, -0.25) is 0 Å². The summed E-state index contributed by atoms with van der Waals surface area (Å²) in [4.78, 5) is -0.143. The van der Waals surface area contributed by atoms with Crippen molar-refractivity contribution in [2.24, 2.45) is 0 Å². The molecule has 2 aromatic rings. The fraction of sp³-hybridized carbons (Fsp3) is 0.375. The van der Waals surface area contributed by atoms with E-state index in [4.69, 9.17) is 0 Å². The predicted molar refractivity (Wildman–Crippen MR) is 79.9 cm³/mol. The van der Waals surface area contributed by atoms with Crippen molar-refractivity contribution in [2.75, 3.05) is 0 Å². The van der Waals surface area contributed by atoms with Crippen molar-refractivity contribution in [3.8, 4) is 0 Å². The van der Waals surface area contributed by atoms with Crippen LogP contribution in [-0.2, 0) is 23.0 Å². The summed E-state index contributed by atoms with van der Waals surface area (Å²) in [5, 5.41) is 1.88. The van der Waals surface area contributed by atoms with Crippen LogP contribution in [0.15, 0.2) is 35.2 Å². The SMILES string of the molecule is CCCc1ccc2ccc(S(=O)(=O)[O-])cc2c1CCC.[Na+]. The first-order valence-electron chi connectivity index (χ1n) is 6.97. The Morgan fingerprint density at radius 2 is 1.62 bits per heavy atom. The van der Waals surface area contributed by atoms with Gasteiger partial charge in [0.25, 0.3) is 0 Å². The van der Waals surface area contributed by atoms with E-state index in [9.17, 15) is 13.0 Å². The maximum Gasteiger partial charge on any atom is 1.00 e. The molecule has 0 atom stereocenters. The van der Waals surface area contributed by atoms with Gasteiger partial charge in [0.15, 0.2) is 0 Å². The van der Waals surface area contributed by atoms with Crippen LogP contribution < -0.4 is 29.6 Å². The molecule has 0 unspecified atom stereocenters. The van der Waals surface area contributed by atoms with Crippen molar-refractivity contribution in [3.05, 3.63) is 41.5 Å². The van der Waals surface area contributed by atoms with Gasteiger partial charge in [-0.15, -0.1) is 0 Å². The quantitative estimate of drug-likeness (QED) is 0.601. The molecule has 0 aliphatic rings. The van der Waals surface area contributed by atoms with Crippen LogP contribution in [0, 0.1) is 0 Å². The van der Waals surface area contributed by atoms with Gasteiger partial charge in [0.1, 0.15) is 10.1 Å². The molecule has 0 amide bonds. The Labute approximate surface area is 148 Å². The van der Waals surface area contributed by atoms with E-state index in [2.05, 4.69) is 19.9 Å². The first kappa shape index (κ1) is 18.7. The second kappa shape index (κ2) is 7.75. The third-order valence-corrected chi connectivity index (χ3v) is 4.34. The molecule has 0 aliphatic heterocycles. The summed E-state index contributed by atoms with van der Waals surface area (Å²) in [5.74, 6) is 0. The summed E-state index contributed by atoms with van der Waals surface area (Å²) in [6.45, 7) is 4.22. The molecule has 0 fully saturated rings. The van der Waals surface area contributed by atoms with Crippen molar-refractivity contribution in [3.63, 3.8) is 0 Å². The van der Waals surface area contributed by atoms with Crippen LogP contribution in [0.3, 0.4) is 0 Å². The molecule has 108 valence electrons. The van der Waals surface area contributed by atoms with Crippen LogP contribution in [-0.4, -0.2) is 13.0 Å². The van der Waals surface area contributed by atoms with E-state index >= 15 is 0 Å². The van der Waals surface area contributed by atoms with Gasteiger partial charge in [0.05, 0.1) is 4.90 Å². The largest absolute Gasteiger partial charge is 1.00 e. The molecule has 0 radical (unpaired) electrons. The molecule has 5 heteroatoms. The van der Waals surface area contributed by atoms with Crippen molar-refractivity contribution in [2.45, 2.75) is 44.4 Å². The number of aryl methyl sites for hydroxylation is 2. The monoisotopic (exact) mass is 314 g/mol. The number of fused-ring (bicyclic) bond motifs is 1. The molecule has 0 bridgehead atoms. The zero-order valence-corrected chi connectivity index (χ0v) is 15.7. The molecule has 0 saturated carbocycles. The van der Waals surface area contributed by atoms with Gasteiger partial charge in [0, 0.05) is 0 Å². The fourth-order valence-electron chi connectivity index (χ4n) is 2.61. The maximum atomic E-state index is 11.2. The van der Waals surface area contributed by atoms with Crippen LogP contribution in [0.4, 0.5) is 0 Å². The molecule has 0 saturated heterocycles. The average molecular weight is 314 g/mol. The zero-order chi connectivity index (χ0) is 14.8. The fourth-order valence-corrected chi connectivity index (χ4v) is 3.11. The molecule has 0 spiro atoms. The number of hydrogen-bond acceptors (Lipinski definition) is 3. The minimum atomic E-state index is -4.40. The standard InChI is InChI=1S/C16H20O3S.Na/c1-3-5-12-7-8-13-9-10-14(20(17,18)19)11-16(13)15(12)6-4-2;/h7-11H,3-6H2,1-2H3,(H,17,18,19);/q;+1/p-1. The van der Waals surface area contributed by atoms with Crippen LogP contribution >= 0.6 is 0 Å². The summed E-state index contributed by atoms with van der Waals surface area (Å²) >= 11 is 0. The van der Waals surface area contributed by atoms with Gasteiger partial charge < -0.3 is 4.55 Å². The van der Waals surface area contributed by atoms with Crippen molar-refractivity contribution < 1.29 is 42.5 Å². The van der Waals surface area contributed by atoms with E-state index in [-0.39, 0.29) is 34.5 Å². The summed E-state index contributed by atoms with van der Waals surface area (Å²) < 4.78 is 33.6. The summed E-state index contributed by atoms with van der Waals surface area (Å²) in [7, 11) is -4.40. The third kappa shape index (κ3) is 4.30. The Bertz CT molecular complexity index is 724. The van der Waals surface area contributed by atoms with E-state index in [0.717, 1.165) is 36.5 Å². The maximum absolute atomic E-state index is 11.2. The molecule has 0 aromatic heterocycles. The predicted octanol–water partition coefficient (Wildman–Crippen LogP) is 0.653. The molecule has 21 heavy (non-hydrogen) atoms. The first-order chi connectivity index (χ1) is 9.47. The summed E-state index contributed by atoms with van der Waals surface area (Å²) in [6, 6.07) is 8.75. The third-order valence-electron chi connectivity index (χ3n) is 3.51. The Morgan fingerprint density at radius 1 is 1.00 bits per heavy atom. The molecule has 0 N–H and O–H groups in total. The minimum Gasteiger partial charge on any atom is -0.744 e. The number of hydrogen-bond donors (Lipinski definition) is 0. The van der Waals surface area contributed by atoms with Gasteiger partial charge in [-0.2, -0.15) is 0 Å². The Hall–Kier alpha value is -0.390. The van der Waals surface area contributed by atoms with Gasteiger partial charge in [0.2, 0.25) is 0 Å². The molecule has 3 nitrogen and oxygen atoms in total. The van der Waals surface area contributed by atoms with Gasteiger partial charge in [-0.05, 0) is 46.9 Å². The second-order valence-electron chi connectivity index (χ2n) is 5.04. The molecule has 0 heterocycles. The first-order valence-corrected chi connectivity index (χ1v) is 8.38. The molecular weight excluding hydrogens is 295 g/mol. The summed E-state index contributed by atoms with van der Waals surface area (Å²) in [6.07, 6.45) is 3.90. The van der Waals surface area contributed by atoms with E-state index in [1.165, 1.54) is 23.3 Å². The Kier molecular flexibility index (Phi) is 6.88. The number of benzene rings is 2. The van der Waals surface area contributed by atoms with Crippen LogP contribution in [0.25, 0.3) is 10.8 Å². The van der Waals surface area contributed by atoms with Crippen molar-refractivity contribution >= 4 is 20.9 Å². The summed E-state index contributed by atoms with van der Waals surface area (Å²) in [5.41, 5.74) is 2.43. The van der Waals surface area contributed by atoms with E-state index < -0.39 is 10.1 Å².